The van der Waals surface area contributed by atoms with Gasteiger partial charge in [0.25, 0.3) is 0 Å². The maximum Gasteiger partial charge on any atom is 0.227 e. The fourth-order valence-corrected chi connectivity index (χ4v) is 4.44. The third kappa shape index (κ3) is 4.18. The molecular weight excluding hydrogens is 408 g/mol. The maximum absolute atomic E-state index is 12.7. The van der Waals surface area contributed by atoms with Crippen LogP contribution in [0.5, 0.6) is 0 Å². The molecule has 0 bridgehead atoms. The van der Waals surface area contributed by atoms with Gasteiger partial charge in [-0.1, -0.05) is 40.7 Å². The Hall–Kier alpha value is -3.04. The summed E-state index contributed by atoms with van der Waals surface area (Å²) in [4.78, 5) is 17.0. The van der Waals surface area contributed by atoms with Crippen molar-refractivity contribution in [2.24, 2.45) is 0 Å². The van der Waals surface area contributed by atoms with Gasteiger partial charge in [-0.15, -0.1) is 5.10 Å². The van der Waals surface area contributed by atoms with E-state index in [-0.39, 0.29) is 12.0 Å². The van der Waals surface area contributed by atoms with Gasteiger partial charge in [0.1, 0.15) is 17.6 Å². The third-order valence-corrected chi connectivity index (χ3v) is 6.46. The van der Waals surface area contributed by atoms with E-state index in [1.54, 1.807) is 0 Å². The van der Waals surface area contributed by atoms with Crippen LogP contribution >= 0.6 is 0 Å². The first-order chi connectivity index (χ1) is 15.6. The normalized spacial score (nSPS) is 19.2. The molecule has 0 aliphatic carbocycles. The van der Waals surface area contributed by atoms with Gasteiger partial charge in [0, 0.05) is 38.3 Å². The monoisotopic (exact) mass is 436 g/mol. The molecule has 9 nitrogen and oxygen atoms in total. The second-order valence-electron chi connectivity index (χ2n) is 8.51. The first-order valence-corrected chi connectivity index (χ1v) is 11.1. The average Bonchev–Trinajstić information content (AvgIpc) is 3.37. The fourth-order valence-electron chi connectivity index (χ4n) is 4.44. The molecule has 0 radical (unpaired) electrons. The highest BCUT2D eigenvalue weighted by molar-refractivity contribution is 5.79. The predicted octanol–water partition coefficient (Wildman–Crippen LogP) is 2.04. The van der Waals surface area contributed by atoms with Crippen molar-refractivity contribution in [2.45, 2.75) is 46.1 Å². The number of fused-ring (bicyclic) bond motifs is 1. The summed E-state index contributed by atoms with van der Waals surface area (Å²) in [6.07, 6.45) is 0.352. The average molecular weight is 437 g/mol. The number of amides is 1. The number of nitrogens with zero attached hydrogens (tertiary/aromatic N) is 6. The summed E-state index contributed by atoms with van der Waals surface area (Å²) >= 11 is 0. The highest BCUT2D eigenvalue weighted by Gasteiger charge is 2.28. The number of piperazine rings is 1. The molecule has 3 aromatic rings. The largest absolute Gasteiger partial charge is 0.365 e. The molecule has 0 saturated carbocycles. The van der Waals surface area contributed by atoms with Crippen molar-refractivity contribution in [3.8, 4) is 0 Å². The Labute approximate surface area is 186 Å². The molecular formula is C23H28N6O3. The van der Waals surface area contributed by atoms with Crippen molar-refractivity contribution in [3.63, 3.8) is 0 Å². The minimum absolute atomic E-state index is 0.00510. The summed E-state index contributed by atoms with van der Waals surface area (Å²) in [5, 5.41) is 12.8. The lowest BCUT2D eigenvalue weighted by atomic mass is 10.1. The number of carbonyl (C=O) groups excluding carboxylic acids is 1. The van der Waals surface area contributed by atoms with Crippen LogP contribution < -0.4 is 0 Å². The molecule has 2 aliphatic heterocycles. The zero-order valence-electron chi connectivity index (χ0n) is 18.5. The Morgan fingerprint density at radius 2 is 1.91 bits per heavy atom. The van der Waals surface area contributed by atoms with Crippen LogP contribution in [0.2, 0.25) is 0 Å². The van der Waals surface area contributed by atoms with E-state index in [2.05, 4.69) is 32.5 Å². The first kappa shape index (κ1) is 20.8. The van der Waals surface area contributed by atoms with Crippen LogP contribution in [0.25, 0.3) is 0 Å². The van der Waals surface area contributed by atoms with Crippen LogP contribution in [0.3, 0.4) is 0 Å². The van der Waals surface area contributed by atoms with E-state index in [1.165, 1.54) is 0 Å². The molecule has 1 unspecified atom stereocenters. The second kappa shape index (κ2) is 8.84. The molecule has 2 aliphatic rings. The predicted molar refractivity (Wildman–Crippen MR) is 116 cm³/mol. The van der Waals surface area contributed by atoms with Crippen LogP contribution in [-0.2, 0) is 35.6 Å². The first-order valence-electron chi connectivity index (χ1n) is 11.1. The Kier molecular flexibility index (Phi) is 5.75. The summed E-state index contributed by atoms with van der Waals surface area (Å²) in [7, 11) is 0. The fraction of sp³-hybridized carbons (Fsp3) is 0.478. The van der Waals surface area contributed by atoms with E-state index in [0.29, 0.717) is 32.7 Å². The molecule has 1 atom stereocenters. The minimum atomic E-state index is 0.00510. The van der Waals surface area contributed by atoms with Crippen LogP contribution in [-0.4, -0.2) is 62.0 Å². The second-order valence-corrected chi connectivity index (χ2v) is 8.51. The number of aryl methyl sites for hydroxylation is 2. The summed E-state index contributed by atoms with van der Waals surface area (Å²) in [5.41, 5.74) is 4.87. The van der Waals surface area contributed by atoms with E-state index < -0.39 is 0 Å². The molecule has 5 rings (SSSR count). The Bertz CT molecular complexity index is 1070. The van der Waals surface area contributed by atoms with E-state index in [0.717, 1.165) is 53.6 Å². The van der Waals surface area contributed by atoms with Gasteiger partial charge in [-0.25, -0.2) is 4.68 Å². The molecule has 1 fully saturated rings. The van der Waals surface area contributed by atoms with Crippen molar-refractivity contribution in [1.29, 1.82) is 0 Å². The molecule has 168 valence electrons. The van der Waals surface area contributed by atoms with Gasteiger partial charge >= 0.3 is 0 Å². The molecule has 0 N–H and O–H groups in total. The van der Waals surface area contributed by atoms with E-state index >= 15 is 0 Å². The van der Waals surface area contributed by atoms with Crippen molar-refractivity contribution >= 4 is 5.91 Å². The summed E-state index contributed by atoms with van der Waals surface area (Å²) in [6.45, 7) is 8.68. The Balaban J connectivity index is 1.15. The number of rotatable bonds is 5. The zero-order chi connectivity index (χ0) is 22.1. The molecule has 2 aromatic heterocycles. The SMILES string of the molecule is Cc1noc(C)c1CC(=O)N1CCN(Cc2nnn3c2COC(c2ccccc2)C3)CC1. The van der Waals surface area contributed by atoms with Crippen molar-refractivity contribution in [1.82, 2.24) is 30.0 Å². The Morgan fingerprint density at radius 1 is 1.12 bits per heavy atom. The summed E-state index contributed by atoms with van der Waals surface area (Å²) < 4.78 is 13.3. The van der Waals surface area contributed by atoms with Gasteiger partial charge in [0.15, 0.2) is 0 Å². The van der Waals surface area contributed by atoms with Crippen LogP contribution in [0.1, 0.15) is 40.1 Å². The summed E-state index contributed by atoms with van der Waals surface area (Å²) in [6, 6.07) is 10.2. The lowest BCUT2D eigenvalue weighted by Crippen LogP contribution is -2.48. The molecule has 4 heterocycles. The minimum Gasteiger partial charge on any atom is -0.365 e. The number of aromatic nitrogens is 4. The molecule has 1 amide bonds. The summed E-state index contributed by atoms with van der Waals surface area (Å²) in [5.74, 6) is 0.851. The van der Waals surface area contributed by atoms with E-state index in [1.807, 2.05) is 41.6 Å². The van der Waals surface area contributed by atoms with Crippen LogP contribution in [0.4, 0.5) is 0 Å². The topological polar surface area (TPSA) is 89.5 Å². The number of hydrogen-bond donors (Lipinski definition) is 0. The van der Waals surface area contributed by atoms with Gasteiger partial charge in [-0.3, -0.25) is 9.69 Å². The Morgan fingerprint density at radius 3 is 2.62 bits per heavy atom. The lowest BCUT2D eigenvalue weighted by molar-refractivity contribution is -0.132. The molecule has 0 spiro atoms. The quantitative estimate of drug-likeness (QED) is 0.605. The molecule has 1 aromatic carbocycles. The number of hydrogen-bond acceptors (Lipinski definition) is 7. The number of carbonyl (C=O) groups is 1. The number of benzene rings is 1. The number of ether oxygens (including phenoxy) is 1. The van der Waals surface area contributed by atoms with E-state index in [4.69, 9.17) is 9.26 Å². The third-order valence-electron chi connectivity index (χ3n) is 6.46. The van der Waals surface area contributed by atoms with Crippen LogP contribution in [0, 0.1) is 13.8 Å². The van der Waals surface area contributed by atoms with Crippen LogP contribution in [0.15, 0.2) is 34.9 Å². The van der Waals surface area contributed by atoms with Gasteiger partial charge in [0.2, 0.25) is 5.91 Å². The highest BCUT2D eigenvalue weighted by Crippen LogP contribution is 2.27. The molecule has 9 heteroatoms. The van der Waals surface area contributed by atoms with Crippen molar-refractivity contribution in [2.75, 3.05) is 26.2 Å². The van der Waals surface area contributed by atoms with Crippen molar-refractivity contribution in [3.05, 3.63) is 64.3 Å². The smallest absolute Gasteiger partial charge is 0.227 e. The standard InChI is InChI=1S/C23H28N6O3/c1-16-19(17(2)32-25-16)12-23(30)28-10-8-27(9-11-28)13-20-21-15-31-22(14-29(21)26-24-20)18-6-4-3-5-7-18/h3-7,22H,8-15H2,1-2H3. The highest BCUT2D eigenvalue weighted by atomic mass is 16.5. The van der Waals surface area contributed by atoms with Crippen molar-refractivity contribution < 1.29 is 14.1 Å². The lowest BCUT2D eigenvalue weighted by Gasteiger charge is -2.34. The van der Waals surface area contributed by atoms with Gasteiger partial charge in [-0.05, 0) is 19.4 Å². The van der Waals surface area contributed by atoms with E-state index in [9.17, 15) is 4.79 Å². The maximum atomic E-state index is 12.7. The zero-order valence-corrected chi connectivity index (χ0v) is 18.5. The van der Waals surface area contributed by atoms with Gasteiger partial charge in [-0.2, -0.15) is 0 Å². The van der Waals surface area contributed by atoms with Gasteiger partial charge < -0.3 is 14.2 Å². The molecule has 1 saturated heterocycles. The van der Waals surface area contributed by atoms with Gasteiger partial charge in [0.05, 0.1) is 31.0 Å². The molecule has 32 heavy (non-hydrogen) atoms.